The van der Waals surface area contributed by atoms with Gasteiger partial charge in [0.25, 0.3) is 0 Å². The van der Waals surface area contributed by atoms with Gasteiger partial charge < -0.3 is 14.6 Å². The fraction of sp³-hybridized carbons (Fsp3) is 0.786. The predicted octanol–water partition coefficient (Wildman–Crippen LogP) is 3.30. The molecule has 0 aliphatic heterocycles. The van der Waals surface area contributed by atoms with Crippen LogP contribution in [-0.2, 0) is 11.3 Å². The Morgan fingerprint density at radius 2 is 2.17 bits per heavy atom. The molecule has 0 saturated carbocycles. The van der Waals surface area contributed by atoms with Gasteiger partial charge >= 0.3 is 0 Å². The van der Waals surface area contributed by atoms with Gasteiger partial charge in [-0.2, -0.15) is 0 Å². The first kappa shape index (κ1) is 15.0. The summed E-state index contributed by atoms with van der Waals surface area (Å²) in [5.41, 5.74) is 0.0950. The van der Waals surface area contributed by atoms with Crippen LogP contribution in [0.1, 0.15) is 47.0 Å². The zero-order valence-corrected chi connectivity index (χ0v) is 12.2. The lowest BCUT2D eigenvalue weighted by atomic mass is 9.99. The molecule has 1 aromatic rings. The molecule has 1 heterocycles. The molecule has 0 radical (unpaired) electrons. The number of anilines is 1. The molecule has 0 aromatic carbocycles. The predicted molar refractivity (Wildman–Crippen MR) is 75.9 cm³/mol. The Hall–Kier alpha value is -1.03. The maximum Gasteiger partial charge on any atom is 0.203 e. The van der Waals surface area contributed by atoms with Crippen LogP contribution in [0.2, 0.25) is 0 Å². The van der Waals surface area contributed by atoms with Crippen LogP contribution >= 0.6 is 0 Å². The van der Waals surface area contributed by atoms with Gasteiger partial charge in [-0.3, -0.25) is 0 Å². The maximum atomic E-state index is 5.36. The Kier molecular flexibility index (Phi) is 6.19. The number of rotatable bonds is 9. The minimum atomic E-state index is 0.0950. The summed E-state index contributed by atoms with van der Waals surface area (Å²) in [6.07, 6.45) is 7.21. The standard InChI is InChI=1S/C14H27N3O/c1-5-8-14(3,4)16-13-15-9-11-17(13)10-7-12-18-6-2/h9,11H,5-8,10,12H2,1-4H3,(H,15,16). The van der Waals surface area contributed by atoms with Gasteiger partial charge in [-0.05, 0) is 33.6 Å². The summed E-state index contributed by atoms with van der Waals surface area (Å²) < 4.78 is 7.52. The third-order valence-electron chi connectivity index (χ3n) is 2.93. The summed E-state index contributed by atoms with van der Waals surface area (Å²) in [6, 6.07) is 0. The van der Waals surface area contributed by atoms with Crippen LogP contribution in [0, 0.1) is 0 Å². The highest BCUT2D eigenvalue weighted by Gasteiger charge is 2.18. The summed E-state index contributed by atoms with van der Waals surface area (Å²) >= 11 is 0. The van der Waals surface area contributed by atoms with Crippen LogP contribution in [0.25, 0.3) is 0 Å². The molecular formula is C14H27N3O. The molecule has 0 bridgehead atoms. The second kappa shape index (κ2) is 7.41. The van der Waals surface area contributed by atoms with E-state index in [9.17, 15) is 0 Å². The molecule has 0 fully saturated rings. The average Bonchev–Trinajstić information content (AvgIpc) is 2.71. The van der Waals surface area contributed by atoms with Gasteiger partial charge in [0.15, 0.2) is 0 Å². The Morgan fingerprint density at radius 1 is 1.39 bits per heavy atom. The van der Waals surface area contributed by atoms with E-state index in [0.29, 0.717) is 0 Å². The van der Waals surface area contributed by atoms with Gasteiger partial charge in [-0.1, -0.05) is 13.3 Å². The fourth-order valence-corrected chi connectivity index (χ4v) is 2.09. The number of imidazole rings is 1. The van der Waals surface area contributed by atoms with Crippen molar-refractivity contribution in [2.75, 3.05) is 18.5 Å². The molecule has 0 amide bonds. The van der Waals surface area contributed by atoms with Crippen molar-refractivity contribution < 1.29 is 4.74 Å². The van der Waals surface area contributed by atoms with Crippen molar-refractivity contribution in [2.24, 2.45) is 0 Å². The molecular weight excluding hydrogens is 226 g/mol. The summed E-state index contributed by atoms with van der Waals surface area (Å²) in [6.45, 7) is 11.2. The van der Waals surface area contributed by atoms with Crippen LogP contribution in [0.3, 0.4) is 0 Å². The summed E-state index contributed by atoms with van der Waals surface area (Å²) in [5.74, 6) is 0.963. The first-order valence-electron chi connectivity index (χ1n) is 6.96. The van der Waals surface area contributed by atoms with Crippen molar-refractivity contribution in [3.63, 3.8) is 0 Å². The summed E-state index contributed by atoms with van der Waals surface area (Å²) in [5, 5.41) is 3.52. The minimum absolute atomic E-state index is 0.0950. The van der Waals surface area contributed by atoms with E-state index in [-0.39, 0.29) is 5.54 Å². The van der Waals surface area contributed by atoms with Gasteiger partial charge in [0.1, 0.15) is 0 Å². The Labute approximate surface area is 111 Å². The van der Waals surface area contributed by atoms with E-state index >= 15 is 0 Å². The van der Waals surface area contributed by atoms with Crippen molar-refractivity contribution in [2.45, 2.75) is 59.0 Å². The van der Waals surface area contributed by atoms with E-state index in [1.807, 2.05) is 19.3 Å². The third-order valence-corrected chi connectivity index (χ3v) is 2.93. The monoisotopic (exact) mass is 253 g/mol. The highest BCUT2D eigenvalue weighted by Crippen LogP contribution is 2.18. The topological polar surface area (TPSA) is 39.1 Å². The first-order valence-corrected chi connectivity index (χ1v) is 6.96. The average molecular weight is 253 g/mol. The maximum absolute atomic E-state index is 5.36. The van der Waals surface area contributed by atoms with Gasteiger partial charge in [-0.15, -0.1) is 0 Å². The van der Waals surface area contributed by atoms with Crippen LogP contribution < -0.4 is 5.32 Å². The molecule has 0 atom stereocenters. The Bertz CT molecular complexity index is 334. The van der Waals surface area contributed by atoms with E-state index in [1.165, 1.54) is 6.42 Å². The number of hydrogen-bond donors (Lipinski definition) is 1. The fourth-order valence-electron chi connectivity index (χ4n) is 2.09. The molecule has 1 rings (SSSR count). The molecule has 0 spiro atoms. The van der Waals surface area contributed by atoms with E-state index in [2.05, 4.69) is 35.6 Å². The molecule has 4 nitrogen and oxygen atoms in total. The Balaban J connectivity index is 2.49. The molecule has 18 heavy (non-hydrogen) atoms. The van der Waals surface area contributed by atoms with E-state index in [1.54, 1.807) is 0 Å². The summed E-state index contributed by atoms with van der Waals surface area (Å²) in [4.78, 5) is 4.39. The van der Waals surface area contributed by atoms with Gasteiger partial charge in [0.05, 0.1) is 0 Å². The van der Waals surface area contributed by atoms with Gasteiger partial charge in [0, 0.05) is 37.7 Å². The SMILES string of the molecule is CCCC(C)(C)Nc1nccn1CCCOCC. The molecule has 0 unspecified atom stereocenters. The quantitative estimate of drug-likeness (QED) is 0.686. The van der Waals surface area contributed by atoms with Crippen molar-refractivity contribution in [1.29, 1.82) is 0 Å². The van der Waals surface area contributed by atoms with Crippen molar-refractivity contribution in [3.8, 4) is 0 Å². The van der Waals surface area contributed by atoms with Crippen molar-refractivity contribution in [1.82, 2.24) is 9.55 Å². The zero-order chi connectivity index (χ0) is 13.4. The number of nitrogens with one attached hydrogen (secondary N) is 1. The van der Waals surface area contributed by atoms with Crippen LogP contribution in [-0.4, -0.2) is 28.3 Å². The van der Waals surface area contributed by atoms with Gasteiger partial charge in [0.2, 0.25) is 5.95 Å². The second-order valence-corrected chi connectivity index (χ2v) is 5.25. The molecule has 4 heteroatoms. The molecule has 1 N–H and O–H groups in total. The number of aryl methyl sites for hydroxylation is 1. The van der Waals surface area contributed by atoms with E-state index in [4.69, 9.17) is 4.74 Å². The highest BCUT2D eigenvalue weighted by molar-refractivity contribution is 5.29. The molecule has 1 aromatic heterocycles. The second-order valence-electron chi connectivity index (χ2n) is 5.25. The highest BCUT2D eigenvalue weighted by atomic mass is 16.5. The number of nitrogens with zero attached hydrogens (tertiary/aromatic N) is 2. The first-order chi connectivity index (χ1) is 8.59. The smallest absolute Gasteiger partial charge is 0.203 e. The van der Waals surface area contributed by atoms with Crippen LogP contribution in [0.15, 0.2) is 12.4 Å². The minimum Gasteiger partial charge on any atom is -0.382 e. The lowest BCUT2D eigenvalue weighted by Crippen LogP contribution is -2.32. The van der Waals surface area contributed by atoms with E-state index in [0.717, 1.165) is 38.5 Å². The molecule has 0 aliphatic rings. The largest absolute Gasteiger partial charge is 0.382 e. The van der Waals surface area contributed by atoms with Gasteiger partial charge in [-0.25, -0.2) is 4.98 Å². The third kappa shape index (κ3) is 5.08. The zero-order valence-electron chi connectivity index (χ0n) is 12.2. The van der Waals surface area contributed by atoms with Crippen LogP contribution in [0.4, 0.5) is 5.95 Å². The number of hydrogen-bond acceptors (Lipinski definition) is 3. The number of aromatic nitrogens is 2. The van der Waals surface area contributed by atoms with Crippen LogP contribution in [0.5, 0.6) is 0 Å². The summed E-state index contributed by atoms with van der Waals surface area (Å²) in [7, 11) is 0. The van der Waals surface area contributed by atoms with E-state index < -0.39 is 0 Å². The lowest BCUT2D eigenvalue weighted by Gasteiger charge is -2.26. The number of ether oxygens (including phenoxy) is 1. The van der Waals surface area contributed by atoms with Crippen molar-refractivity contribution >= 4 is 5.95 Å². The normalized spacial score (nSPS) is 11.8. The lowest BCUT2D eigenvalue weighted by molar-refractivity contribution is 0.142. The molecule has 0 aliphatic carbocycles. The Morgan fingerprint density at radius 3 is 2.83 bits per heavy atom. The van der Waals surface area contributed by atoms with Crippen molar-refractivity contribution in [3.05, 3.63) is 12.4 Å². The molecule has 0 saturated heterocycles. The molecule has 104 valence electrons.